The van der Waals surface area contributed by atoms with Crippen LogP contribution in [0.5, 0.6) is 0 Å². The highest BCUT2D eigenvalue weighted by Gasteiger charge is 2.31. The molecule has 1 unspecified atom stereocenters. The first-order valence-electron chi connectivity index (χ1n) is 6.64. The van der Waals surface area contributed by atoms with Crippen molar-refractivity contribution in [3.05, 3.63) is 33.5 Å². The average Bonchev–Trinajstić information content (AvgIpc) is 2.31. The smallest absolute Gasteiger partial charge is 0.410 e. The lowest BCUT2D eigenvalue weighted by atomic mass is 9.95. The van der Waals surface area contributed by atoms with Crippen molar-refractivity contribution in [1.82, 2.24) is 4.90 Å². The molecule has 3 nitrogen and oxygen atoms in total. The number of ether oxygens (including phenoxy) is 1. The van der Waals surface area contributed by atoms with E-state index in [2.05, 4.69) is 15.9 Å². The third kappa shape index (κ3) is 3.14. The molecule has 1 amide bonds. The number of fused-ring (bicyclic) bond motifs is 1. The van der Waals surface area contributed by atoms with E-state index < -0.39 is 5.60 Å². The van der Waals surface area contributed by atoms with Gasteiger partial charge < -0.3 is 9.64 Å². The van der Waals surface area contributed by atoms with E-state index in [1.165, 1.54) is 6.07 Å². The van der Waals surface area contributed by atoms with Gasteiger partial charge in [0.2, 0.25) is 0 Å². The summed E-state index contributed by atoms with van der Waals surface area (Å²) in [6.07, 6.45) is 0.347. The monoisotopic (exact) mass is 343 g/mol. The molecular formula is C15H19BrFNO2. The summed E-state index contributed by atoms with van der Waals surface area (Å²) in [7, 11) is 0. The summed E-state index contributed by atoms with van der Waals surface area (Å²) in [5.74, 6) is -0.303. The van der Waals surface area contributed by atoms with E-state index in [0.29, 0.717) is 17.4 Å². The van der Waals surface area contributed by atoms with Crippen LogP contribution in [-0.4, -0.2) is 22.6 Å². The third-order valence-corrected chi connectivity index (χ3v) is 4.15. The summed E-state index contributed by atoms with van der Waals surface area (Å²) < 4.78 is 19.5. The molecule has 1 atom stereocenters. The Balaban J connectivity index is 2.27. The minimum Gasteiger partial charge on any atom is -0.444 e. The molecule has 2 rings (SSSR count). The molecule has 20 heavy (non-hydrogen) atoms. The maximum absolute atomic E-state index is 13.6. The van der Waals surface area contributed by atoms with E-state index in [4.69, 9.17) is 4.74 Å². The number of carbonyl (C=O) groups is 1. The summed E-state index contributed by atoms with van der Waals surface area (Å²) in [4.78, 5) is 13.9. The molecule has 0 saturated carbocycles. The van der Waals surface area contributed by atoms with Gasteiger partial charge in [0.25, 0.3) is 0 Å². The summed E-state index contributed by atoms with van der Waals surface area (Å²) in [5.41, 5.74) is 1.37. The first-order valence-corrected chi connectivity index (χ1v) is 7.43. The van der Waals surface area contributed by atoms with Crippen molar-refractivity contribution >= 4 is 22.0 Å². The fourth-order valence-corrected chi connectivity index (χ4v) is 2.83. The number of hydrogen-bond donors (Lipinski definition) is 0. The van der Waals surface area contributed by atoms with Crippen LogP contribution in [0.3, 0.4) is 0 Å². The van der Waals surface area contributed by atoms with Crippen molar-refractivity contribution < 1.29 is 13.9 Å². The predicted molar refractivity (Wildman–Crippen MR) is 79.0 cm³/mol. The molecule has 0 spiro atoms. The van der Waals surface area contributed by atoms with Gasteiger partial charge in [0.1, 0.15) is 11.4 Å². The van der Waals surface area contributed by atoms with Crippen LogP contribution in [0.2, 0.25) is 0 Å². The zero-order chi connectivity index (χ0) is 15.1. The molecule has 0 aliphatic carbocycles. The van der Waals surface area contributed by atoms with Crippen LogP contribution >= 0.6 is 15.9 Å². The molecule has 1 aliphatic heterocycles. The second-order valence-corrected chi connectivity index (χ2v) is 6.95. The number of carbonyl (C=O) groups excluding carboxylic acids is 1. The Morgan fingerprint density at radius 1 is 1.45 bits per heavy atom. The summed E-state index contributed by atoms with van der Waals surface area (Å²) in [5, 5.41) is 0. The quantitative estimate of drug-likeness (QED) is 0.703. The van der Waals surface area contributed by atoms with Crippen LogP contribution in [0.25, 0.3) is 0 Å². The van der Waals surface area contributed by atoms with Gasteiger partial charge in [-0.15, -0.1) is 0 Å². The zero-order valence-electron chi connectivity index (χ0n) is 12.2. The lowest BCUT2D eigenvalue weighted by molar-refractivity contribution is 0.0137. The molecule has 0 saturated heterocycles. The molecule has 1 aromatic carbocycles. The van der Waals surface area contributed by atoms with Gasteiger partial charge in [-0.25, -0.2) is 9.18 Å². The van der Waals surface area contributed by atoms with Crippen LogP contribution < -0.4 is 0 Å². The van der Waals surface area contributed by atoms with Gasteiger partial charge in [-0.2, -0.15) is 0 Å². The first kappa shape index (κ1) is 15.3. The van der Waals surface area contributed by atoms with E-state index in [1.54, 1.807) is 11.0 Å². The molecule has 1 aliphatic rings. The fraction of sp³-hybridized carbons (Fsp3) is 0.533. The van der Waals surface area contributed by atoms with Gasteiger partial charge in [-0.05, 0) is 67.2 Å². The van der Waals surface area contributed by atoms with Crippen LogP contribution in [0.4, 0.5) is 9.18 Å². The lowest BCUT2D eigenvalue weighted by Crippen LogP contribution is -2.45. The molecule has 0 N–H and O–H groups in total. The highest BCUT2D eigenvalue weighted by molar-refractivity contribution is 9.10. The standard InChI is InChI=1S/C15H19BrFNO2/c1-9-7-10-5-6-12(17)13(16)11(10)8-18(9)14(19)20-15(2,3)4/h5-6,9H,7-8H2,1-4H3. The van der Waals surface area contributed by atoms with E-state index in [0.717, 1.165) is 11.1 Å². The van der Waals surface area contributed by atoms with E-state index in [9.17, 15) is 9.18 Å². The second-order valence-electron chi connectivity index (χ2n) is 6.16. The maximum atomic E-state index is 13.6. The highest BCUT2D eigenvalue weighted by atomic mass is 79.9. The van der Waals surface area contributed by atoms with Crippen molar-refractivity contribution in [3.63, 3.8) is 0 Å². The van der Waals surface area contributed by atoms with Crippen LogP contribution in [0, 0.1) is 5.82 Å². The highest BCUT2D eigenvalue weighted by Crippen LogP contribution is 2.32. The van der Waals surface area contributed by atoms with Crippen molar-refractivity contribution in [2.45, 2.75) is 52.3 Å². The average molecular weight is 344 g/mol. The van der Waals surface area contributed by atoms with Gasteiger partial charge >= 0.3 is 6.09 Å². The van der Waals surface area contributed by atoms with Gasteiger partial charge in [0.15, 0.2) is 0 Å². The molecule has 0 fully saturated rings. The minimum absolute atomic E-state index is 0.0368. The predicted octanol–water partition coefficient (Wildman–Crippen LogP) is 4.27. The molecule has 5 heteroatoms. The van der Waals surface area contributed by atoms with E-state index in [-0.39, 0.29) is 18.0 Å². The van der Waals surface area contributed by atoms with Crippen molar-refractivity contribution in [2.75, 3.05) is 0 Å². The SMILES string of the molecule is CC1Cc2ccc(F)c(Br)c2CN1C(=O)OC(C)(C)C. The Labute approximate surface area is 127 Å². The van der Waals surface area contributed by atoms with E-state index in [1.807, 2.05) is 27.7 Å². The first-order chi connectivity index (χ1) is 9.19. The number of hydrogen-bond acceptors (Lipinski definition) is 2. The fourth-order valence-electron chi connectivity index (χ4n) is 2.31. The summed E-state index contributed by atoms with van der Waals surface area (Å²) in [6.45, 7) is 7.85. The van der Waals surface area contributed by atoms with Crippen molar-refractivity contribution in [1.29, 1.82) is 0 Å². The molecule has 110 valence electrons. The molecule has 1 aromatic rings. The number of halogens is 2. The molecule has 0 aromatic heterocycles. The third-order valence-electron chi connectivity index (χ3n) is 3.30. The normalized spacial score (nSPS) is 18.7. The summed E-state index contributed by atoms with van der Waals surface area (Å²) >= 11 is 3.27. The Morgan fingerprint density at radius 3 is 2.70 bits per heavy atom. The van der Waals surface area contributed by atoms with Crippen molar-refractivity contribution in [2.24, 2.45) is 0 Å². The second kappa shape index (κ2) is 5.35. The zero-order valence-corrected chi connectivity index (χ0v) is 13.8. The number of amides is 1. The van der Waals surface area contributed by atoms with Gasteiger partial charge in [-0.1, -0.05) is 6.07 Å². The minimum atomic E-state index is -0.531. The Hall–Kier alpha value is -1.10. The largest absolute Gasteiger partial charge is 0.444 e. The topological polar surface area (TPSA) is 29.5 Å². The molecule has 1 heterocycles. The molecule has 0 radical (unpaired) electrons. The Kier molecular flexibility index (Phi) is 4.09. The Bertz CT molecular complexity index is 539. The lowest BCUT2D eigenvalue weighted by Gasteiger charge is -2.36. The molecular weight excluding hydrogens is 325 g/mol. The van der Waals surface area contributed by atoms with Crippen LogP contribution in [0.1, 0.15) is 38.8 Å². The van der Waals surface area contributed by atoms with Gasteiger partial charge in [0, 0.05) is 6.04 Å². The number of rotatable bonds is 0. The van der Waals surface area contributed by atoms with Gasteiger partial charge in [0.05, 0.1) is 11.0 Å². The maximum Gasteiger partial charge on any atom is 0.410 e. The van der Waals surface area contributed by atoms with Crippen molar-refractivity contribution in [3.8, 4) is 0 Å². The van der Waals surface area contributed by atoms with E-state index >= 15 is 0 Å². The van der Waals surface area contributed by atoms with Gasteiger partial charge in [-0.3, -0.25) is 0 Å². The molecule has 0 bridgehead atoms. The number of benzene rings is 1. The summed E-state index contributed by atoms with van der Waals surface area (Å²) in [6, 6.07) is 3.28. The van der Waals surface area contributed by atoms with Crippen LogP contribution in [-0.2, 0) is 17.7 Å². The Morgan fingerprint density at radius 2 is 2.10 bits per heavy atom. The number of nitrogens with zero attached hydrogens (tertiary/aromatic N) is 1. The van der Waals surface area contributed by atoms with Crippen LogP contribution in [0.15, 0.2) is 16.6 Å².